The SMILES string of the molecule is c1ccc(-c2cccc(N(c3ccc4sc5ccccc5c4c3)c3cccc4ccc5c6cc(-c7ccc8oc9ccccc9c8c7)ccc6oc5c34)c2)nc1. The van der Waals surface area contributed by atoms with Crippen LogP contribution in [0.5, 0.6) is 0 Å². The van der Waals surface area contributed by atoms with Gasteiger partial charge in [-0.05, 0) is 108 Å². The lowest BCUT2D eigenvalue weighted by atomic mass is 9.99. The van der Waals surface area contributed by atoms with Crippen LogP contribution < -0.4 is 4.90 Å². The molecule has 5 heteroatoms. The Morgan fingerprint density at radius 1 is 0.429 bits per heavy atom. The standard InChI is InChI=1S/C51H30N2O2S/c1-3-16-45-37(12-1)40-28-32(19-23-46(40)54-45)33-20-24-47-41(29-33)39-22-18-31-9-8-15-44(50(31)51(39)55-47)53(35-11-7-10-34(27-35)43-14-5-6-26-52-43)36-21-25-49-42(30-36)38-13-2-4-17-48(38)56-49/h1-30H. The van der Waals surface area contributed by atoms with E-state index in [-0.39, 0.29) is 0 Å². The van der Waals surface area contributed by atoms with Crippen LogP contribution in [-0.4, -0.2) is 4.98 Å². The van der Waals surface area contributed by atoms with Crippen LogP contribution in [0.3, 0.4) is 0 Å². The summed E-state index contributed by atoms with van der Waals surface area (Å²) in [6.07, 6.45) is 1.85. The fraction of sp³-hybridized carbons (Fsp3) is 0. The molecule has 0 spiro atoms. The second-order valence-corrected chi connectivity index (χ2v) is 15.4. The van der Waals surface area contributed by atoms with E-state index in [0.717, 1.165) is 94.1 Å². The number of rotatable bonds is 5. The summed E-state index contributed by atoms with van der Waals surface area (Å²) in [4.78, 5) is 7.07. The minimum absolute atomic E-state index is 0.857. The van der Waals surface area contributed by atoms with Crippen molar-refractivity contribution < 1.29 is 8.83 Å². The fourth-order valence-electron chi connectivity index (χ4n) is 8.47. The third-order valence-electron chi connectivity index (χ3n) is 11.1. The summed E-state index contributed by atoms with van der Waals surface area (Å²) in [7, 11) is 0. The van der Waals surface area contributed by atoms with Crippen LogP contribution in [0, 0.1) is 0 Å². The number of thiophene rings is 1. The van der Waals surface area contributed by atoms with Gasteiger partial charge in [-0.3, -0.25) is 4.98 Å². The molecule has 56 heavy (non-hydrogen) atoms. The van der Waals surface area contributed by atoms with Gasteiger partial charge in [0.2, 0.25) is 0 Å². The number of hydrogen-bond donors (Lipinski definition) is 0. The number of hydrogen-bond acceptors (Lipinski definition) is 5. The number of fused-ring (bicyclic) bond motifs is 11. The maximum Gasteiger partial charge on any atom is 0.145 e. The van der Waals surface area contributed by atoms with Crippen molar-refractivity contribution in [1.82, 2.24) is 4.98 Å². The molecule has 0 saturated carbocycles. The van der Waals surface area contributed by atoms with Gasteiger partial charge in [0.1, 0.15) is 22.3 Å². The highest BCUT2D eigenvalue weighted by atomic mass is 32.1. The van der Waals surface area contributed by atoms with Crippen LogP contribution in [0.15, 0.2) is 191 Å². The second-order valence-electron chi connectivity index (χ2n) is 14.3. The predicted octanol–water partition coefficient (Wildman–Crippen LogP) is 15.2. The molecule has 0 amide bonds. The van der Waals surface area contributed by atoms with Gasteiger partial charge < -0.3 is 13.7 Å². The first-order chi connectivity index (χ1) is 27.7. The normalized spacial score (nSPS) is 11.9. The van der Waals surface area contributed by atoms with Crippen LogP contribution in [0.25, 0.3) is 97.2 Å². The number of anilines is 3. The lowest BCUT2D eigenvalue weighted by Gasteiger charge is -2.27. The molecule has 0 aliphatic heterocycles. The first kappa shape index (κ1) is 31.2. The molecule has 0 aliphatic carbocycles. The number of benzene rings is 8. The molecule has 4 aromatic heterocycles. The Morgan fingerprint density at radius 2 is 1.16 bits per heavy atom. The number of aromatic nitrogens is 1. The average molecular weight is 735 g/mol. The number of pyridine rings is 1. The number of para-hydroxylation sites is 1. The lowest BCUT2D eigenvalue weighted by Crippen LogP contribution is -2.10. The minimum atomic E-state index is 0.857. The smallest absolute Gasteiger partial charge is 0.145 e. The molecule has 4 nitrogen and oxygen atoms in total. The maximum absolute atomic E-state index is 6.89. The first-order valence-electron chi connectivity index (χ1n) is 18.8. The lowest BCUT2D eigenvalue weighted by molar-refractivity contribution is 0.669. The van der Waals surface area contributed by atoms with E-state index in [1.54, 1.807) is 0 Å². The van der Waals surface area contributed by atoms with Crippen molar-refractivity contribution in [3.8, 4) is 22.4 Å². The molecule has 0 bridgehead atoms. The van der Waals surface area contributed by atoms with E-state index >= 15 is 0 Å². The number of nitrogens with zero attached hydrogens (tertiary/aromatic N) is 2. The highest BCUT2D eigenvalue weighted by molar-refractivity contribution is 7.25. The molecule has 0 atom stereocenters. The Hall–Kier alpha value is -7.21. The van der Waals surface area contributed by atoms with E-state index < -0.39 is 0 Å². The summed E-state index contributed by atoms with van der Waals surface area (Å²) in [6, 6.07) is 62.5. The van der Waals surface area contributed by atoms with Gasteiger partial charge in [-0.25, -0.2) is 0 Å². The quantitative estimate of drug-likeness (QED) is 0.177. The highest BCUT2D eigenvalue weighted by Crippen LogP contribution is 2.46. The largest absolute Gasteiger partial charge is 0.456 e. The van der Waals surface area contributed by atoms with Crippen LogP contribution >= 0.6 is 11.3 Å². The van der Waals surface area contributed by atoms with Crippen molar-refractivity contribution in [3.63, 3.8) is 0 Å². The first-order valence-corrected chi connectivity index (χ1v) is 19.6. The monoisotopic (exact) mass is 734 g/mol. The van der Waals surface area contributed by atoms with Crippen LogP contribution in [0.4, 0.5) is 17.1 Å². The molecule has 0 unspecified atom stereocenters. The van der Waals surface area contributed by atoms with E-state index in [1.165, 1.54) is 20.2 Å². The molecule has 12 aromatic rings. The zero-order valence-electron chi connectivity index (χ0n) is 29.9. The Balaban J connectivity index is 1.08. The van der Waals surface area contributed by atoms with Gasteiger partial charge >= 0.3 is 0 Å². The molecule has 0 aliphatic rings. The van der Waals surface area contributed by atoms with Gasteiger partial charge in [0.05, 0.1) is 11.4 Å². The summed E-state index contributed by atoms with van der Waals surface area (Å²) in [6.45, 7) is 0. The summed E-state index contributed by atoms with van der Waals surface area (Å²) in [5.41, 5.74) is 10.9. The van der Waals surface area contributed by atoms with Gasteiger partial charge in [-0.2, -0.15) is 0 Å². The molecule has 262 valence electrons. The van der Waals surface area contributed by atoms with Gasteiger partial charge in [-0.1, -0.05) is 84.9 Å². The molecule has 0 saturated heterocycles. The second kappa shape index (κ2) is 12.2. The number of furan rings is 2. The third-order valence-corrected chi connectivity index (χ3v) is 12.2. The summed E-state index contributed by atoms with van der Waals surface area (Å²) in [5.74, 6) is 0. The van der Waals surface area contributed by atoms with Crippen molar-refractivity contribution >= 4 is 103 Å². The van der Waals surface area contributed by atoms with Crippen molar-refractivity contribution in [3.05, 3.63) is 182 Å². The van der Waals surface area contributed by atoms with Gasteiger partial charge in [0, 0.05) is 70.2 Å². The zero-order valence-corrected chi connectivity index (χ0v) is 30.8. The van der Waals surface area contributed by atoms with E-state index in [2.05, 4.69) is 157 Å². The van der Waals surface area contributed by atoms with Crippen molar-refractivity contribution in [1.29, 1.82) is 0 Å². The van der Waals surface area contributed by atoms with Crippen LogP contribution in [-0.2, 0) is 0 Å². The molecule has 0 N–H and O–H groups in total. The van der Waals surface area contributed by atoms with E-state index in [0.29, 0.717) is 0 Å². The van der Waals surface area contributed by atoms with Crippen molar-refractivity contribution in [2.24, 2.45) is 0 Å². The summed E-state index contributed by atoms with van der Waals surface area (Å²) >= 11 is 1.83. The molecular weight excluding hydrogens is 705 g/mol. The van der Waals surface area contributed by atoms with Crippen molar-refractivity contribution in [2.75, 3.05) is 4.90 Å². The molecule has 8 aromatic carbocycles. The molecule has 0 radical (unpaired) electrons. The van der Waals surface area contributed by atoms with Crippen LogP contribution in [0.2, 0.25) is 0 Å². The molecule has 12 rings (SSSR count). The van der Waals surface area contributed by atoms with E-state index in [1.807, 2.05) is 41.8 Å². The zero-order chi connectivity index (χ0) is 36.7. The Morgan fingerprint density at radius 3 is 2.04 bits per heavy atom. The Labute approximate surface area is 325 Å². The van der Waals surface area contributed by atoms with Crippen LogP contribution in [0.1, 0.15) is 0 Å². The predicted molar refractivity (Wildman–Crippen MR) is 235 cm³/mol. The topological polar surface area (TPSA) is 42.4 Å². The summed E-state index contributed by atoms with van der Waals surface area (Å²) in [5, 5.41) is 9.10. The molecular formula is C51H30N2O2S. The maximum atomic E-state index is 6.89. The average Bonchev–Trinajstić information content (AvgIpc) is 3.95. The Bertz CT molecular complexity index is 3500. The van der Waals surface area contributed by atoms with E-state index in [4.69, 9.17) is 13.8 Å². The fourth-order valence-corrected chi connectivity index (χ4v) is 9.56. The van der Waals surface area contributed by atoms with Crippen molar-refractivity contribution in [2.45, 2.75) is 0 Å². The van der Waals surface area contributed by atoms with Gasteiger partial charge in [0.25, 0.3) is 0 Å². The minimum Gasteiger partial charge on any atom is -0.456 e. The van der Waals surface area contributed by atoms with E-state index in [9.17, 15) is 0 Å². The van der Waals surface area contributed by atoms with Gasteiger partial charge in [0.15, 0.2) is 0 Å². The highest BCUT2D eigenvalue weighted by Gasteiger charge is 2.22. The molecule has 0 fully saturated rings. The molecule has 4 heterocycles. The third kappa shape index (κ3) is 4.81. The van der Waals surface area contributed by atoms with Gasteiger partial charge in [-0.15, -0.1) is 11.3 Å². The summed E-state index contributed by atoms with van der Waals surface area (Å²) < 4.78 is 15.6. The Kier molecular flexibility index (Phi) is 6.76.